The van der Waals surface area contributed by atoms with E-state index in [1.807, 2.05) is 26.8 Å². The van der Waals surface area contributed by atoms with Crippen molar-refractivity contribution in [3.63, 3.8) is 0 Å². The molecule has 0 atom stereocenters. The van der Waals surface area contributed by atoms with Gasteiger partial charge in [-0.25, -0.2) is 9.78 Å². The predicted octanol–water partition coefficient (Wildman–Crippen LogP) is 2.51. The number of amides is 1. The molecule has 1 aliphatic rings. The first-order valence-corrected chi connectivity index (χ1v) is 7.13. The molecule has 0 saturated carbocycles. The van der Waals surface area contributed by atoms with Crippen LogP contribution in [0, 0.1) is 0 Å². The minimum atomic E-state index is -0.459. The van der Waals surface area contributed by atoms with Crippen LogP contribution in [0.1, 0.15) is 38.4 Å². The van der Waals surface area contributed by atoms with Crippen LogP contribution in [0.25, 0.3) is 0 Å². The number of carbonyl (C=O) groups is 1. The third kappa shape index (κ3) is 4.40. The second-order valence-corrected chi connectivity index (χ2v) is 6.01. The molecule has 0 aromatic carbocycles. The molecule has 110 valence electrons. The first kappa shape index (κ1) is 14.6. The minimum absolute atomic E-state index is 0.388. The molecular formula is C15H23N3O2. The van der Waals surface area contributed by atoms with Gasteiger partial charge < -0.3 is 15.4 Å². The predicted molar refractivity (Wildman–Crippen MR) is 79.0 cm³/mol. The maximum atomic E-state index is 11.4. The average molecular weight is 277 g/mol. The summed E-state index contributed by atoms with van der Waals surface area (Å²) in [5.41, 5.74) is 2.11. The van der Waals surface area contributed by atoms with E-state index >= 15 is 0 Å². The Labute approximate surface area is 120 Å². The van der Waals surface area contributed by atoms with Crippen molar-refractivity contribution in [3.05, 3.63) is 23.4 Å². The van der Waals surface area contributed by atoms with Gasteiger partial charge in [0.1, 0.15) is 11.4 Å². The van der Waals surface area contributed by atoms with Gasteiger partial charge >= 0.3 is 6.09 Å². The van der Waals surface area contributed by atoms with Crippen LogP contribution >= 0.6 is 0 Å². The summed E-state index contributed by atoms with van der Waals surface area (Å²) in [6, 6.07) is 4.14. The maximum Gasteiger partial charge on any atom is 0.407 e. The van der Waals surface area contributed by atoms with Gasteiger partial charge in [0.25, 0.3) is 0 Å². The lowest BCUT2D eigenvalue weighted by atomic mass is 10.2. The second kappa shape index (κ2) is 6.11. The zero-order valence-electron chi connectivity index (χ0n) is 12.5. The third-order valence-corrected chi connectivity index (χ3v) is 3.03. The number of hydrogen-bond acceptors (Lipinski definition) is 4. The van der Waals surface area contributed by atoms with E-state index in [2.05, 4.69) is 21.7 Å². The summed E-state index contributed by atoms with van der Waals surface area (Å²) in [7, 11) is 0. The third-order valence-electron chi connectivity index (χ3n) is 3.03. The van der Waals surface area contributed by atoms with Gasteiger partial charge in [-0.05, 0) is 51.7 Å². The van der Waals surface area contributed by atoms with E-state index in [0.717, 1.165) is 18.7 Å². The molecule has 1 aliphatic carbocycles. The van der Waals surface area contributed by atoms with Gasteiger partial charge in [-0.15, -0.1) is 0 Å². The molecule has 1 aromatic rings. The molecule has 0 unspecified atom stereocenters. The van der Waals surface area contributed by atoms with E-state index in [4.69, 9.17) is 4.74 Å². The smallest absolute Gasteiger partial charge is 0.407 e. The van der Waals surface area contributed by atoms with E-state index in [0.29, 0.717) is 13.1 Å². The average Bonchev–Trinajstić information content (AvgIpc) is 2.79. The molecule has 5 heteroatoms. The normalized spacial score (nSPS) is 13.8. The fourth-order valence-corrected chi connectivity index (χ4v) is 2.19. The SMILES string of the molecule is CC(C)(C)OC(=O)NCCNc1ccc2c(n1)CCC2. The van der Waals surface area contributed by atoms with E-state index < -0.39 is 5.60 Å². The van der Waals surface area contributed by atoms with Crippen LogP contribution in [0.3, 0.4) is 0 Å². The van der Waals surface area contributed by atoms with Crippen LogP contribution in [0.2, 0.25) is 0 Å². The number of anilines is 1. The van der Waals surface area contributed by atoms with Gasteiger partial charge in [0.2, 0.25) is 0 Å². The molecule has 0 spiro atoms. The van der Waals surface area contributed by atoms with Gasteiger partial charge in [-0.2, -0.15) is 0 Å². The van der Waals surface area contributed by atoms with Crippen molar-refractivity contribution in [3.8, 4) is 0 Å². The van der Waals surface area contributed by atoms with Crippen LogP contribution in [0.4, 0.5) is 10.6 Å². The molecule has 0 radical (unpaired) electrons. The van der Waals surface area contributed by atoms with Crippen molar-refractivity contribution in [1.29, 1.82) is 0 Å². The van der Waals surface area contributed by atoms with Crippen LogP contribution in [0.15, 0.2) is 12.1 Å². The summed E-state index contributed by atoms with van der Waals surface area (Å²) in [6.45, 7) is 6.68. The highest BCUT2D eigenvalue weighted by atomic mass is 16.6. The molecule has 2 rings (SSSR count). The molecule has 1 heterocycles. The number of pyridine rings is 1. The quantitative estimate of drug-likeness (QED) is 0.830. The fraction of sp³-hybridized carbons (Fsp3) is 0.600. The number of nitrogens with zero attached hydrogens (tertiary/aromatic N) is 1. The topological polar surface area (TPSA) is 63.2 Å². The Morgan fingerprint density at radius 2 is 2.10 bits per heavy atom. The molecule has 5 nitrogen and oxygen atoms in total. The molecule has 2 N–H and O–H groups in total. The minimum Gasteiger partial charge on any atom is -0.444 e. The molecule has 0 fully saturated rings. The Bertz CT molecular complexity index is 480. The highest BCUT2D eigenvalue weighted by Gasteiger charge is 2.15. The summed E-state index contributed by atoms with van der Waals surface area (Å²) in [4.78, 5) is 16.0. The van der Waals surface area contributed by atoms with Gasteiger partial charge in [-0.3, -0.25) is 0 Å². The van der Waals surface area contributed by atoms with Gasteiger partial charge in [0, 0.05) is 18.8 Å². The van der Waals surface area contributed by atoms with Crippen LogP contribution in [0.5, 0.6) is 0 Å². The Morgan fingerprint density at radius 1 is 1.30 bits per heavy atom. The zero-order valence-corrected chi connectivity index (χ0v) is 12.5. The lowest BCUT2D eigenvalue weighted by Gasteiger charge is -2.19. The Hall–Kier alpha value is -1.78. The van der Waals surface area contributed by atoms with E-state index in [-0.39, 0.29) is 6.09 Å². The number of rotatable bonds is 4. The number of ether oxygens (including phenoxy) is 1. The Balaban J connectivity index is 1.70. The number of hydrogen-bond donors (Lipinski definition) is 2. The number of nitrogens with one attached hydrogen (secondary N) is 2. The van der Waals surface area contributed by atoms with Gasteiger partial charge in [0.05, 0.1) is 0 Å². The fourth-order valence-electron chi connectivity index (χ4n) is 2.19. The van der Waals surface area contributed by atoms with Gasteiger partial charge in [0.15, 0.2) is 0 Å². The standard InChI is InChI=1S/C15H23N3O2/c1-15(2,3)20-14(19)17-10-9-16-13-8-7-11-5-4-6-12(11)18-13/h7-8H,4-6,9-10H2,1-3H3,(H,16,18)(H,17,19). The van der Waals surface area contributed by atoms with Crippen LogP contribution in [-0.4, -0.2) is 29.8 Å². The number of alkyl carbamates (subject to hydrolysis) is 1. The lowest BCUT2D eigenvalue weighted by molar-refractivity contribution is 0.0530. The van der Waals surface area contributed by atoms with E-state index in [9.17, 15) is 4.79 Å². The monoisotopic (exact) mass is 277 g/mol. The van der Waals surface area contributed by atoms with Gasteiger partial charge in [-0.1, -0.05) is 6.07 Å². The van der Waals surface area contributed by atoms with Crippen LogP contribution < -0.4 is 10.6 Å². The Kier molecular flexibility index (Phi) is 4.47. The number of aryl methyl sites for hydroxylation is 2. The molecule has 1 aromatic heterocycles. The van der Waals surface area contributed by atoms with Crippen molar-refractivity contribution in [2.45, 2.75) is 45.6 Å². The van der Waals surface area contributed by atoms with Crippen molar-refractivity contribution in [1.82, 2.24) is 10.3 Å². The summed E-state index contributed by atoms with van der Waals surface area (Å²) in [6.07, 6.45) is 3.02. The highest BCUT2D eigenvalue weighted by Crippen LogP contribution is 2.21. The number of fused-ring (bicyclic) bond motifs is 1. The zero-order chi connectivity index (χ0) is 14.6. The lowest BCUT2D eigenvalue weighted by Crippen LogP contribution is -2.35. The highest BCUT2D eigenvalue weighted by molar-refractivity contribution is 5.67. The first-order valence-electron chi connectivity index (χ1n) is 7.13. The molecule has 1 amide bonds. The summed E-state index contributed by atoms with van der Waals surface area (Å²) >= 11 is 0. The van der Waals surface area contributed by atoms with E-state index in [1.54, 1.807) is 0 Å². The van der Waals surface area contributed by atoms with E-state index in [1.165, 1.54) is 17.7 Å². The largest absolute Gasteiger partial charge is 0.444 e. The molecular weight excluding hydrogens is 254 g/mol. The van der Waals surface area contributed by atoms with Crippen molar-refractivity contribution < 1.29 is 9.53 Å². The van der Waals surface area contributed by atoms with Crippen molar-refractivity contribution >= 4 is 11.9 Å². The summed E-state index contributed by atoms with van der Waals surface area (Å²) in [5.74, 6) is 0.872. The van der Waals surface area contributed by atoms with Crippen LogP contribution in [-0.2, 0) is 17.6 Å². The number of aromatic nitrogens is 1. The maximum absolute atomic E-state index is 11.4. The first-order chi connectivity index (χ1) is 9.44. The molecule has 0 saturated heterocycles. The summed E-state index contributed by atoms with van der Waals surface area (Å²) in [5, 5.41) is 5.92. The molecule has 0 bridgehead atoms. The van der Waals surface area contributed by atoms with Crippen molar-refractivity contribution in [2.75, 3.05) is 18.4 Å². The van der Waals surface area contributed by atoms with Crippen molar-refractivity contribution in [2.24, 2.45) is 0 Å². The second-order valence-electron chi connectivity index (χ2n) is 6.01. The Morgan fingerprint density at radius 3 is 2.85 bits per heavy atom. The molecule has 20 heavy (non-hydrogen) atoms. The summed E-state index contributed by atoms with van der Waals surface area (Å²) < 4.78 is 5.16. The number of carbonyl (C=O) groups excluding carboxylic acids is 1. The molecule has 0 aliphatic heterocycles.